The van der Waals surface area contributed by atoms with Gasteiger partial charge in [-0.1, -0.05) is 6.07 Å². The number of nitrogens with zero attached hydrogens (tertiary/aromatic N) is 3. The first-order chi connectivity index (χ1) is 11.8. The van der Waals surface area contributed by atoms with Crippen LogP contribution in [0.4, 0.5) is 5.95 Å². The van der Waals surface area contributed by atoms with Gasteiger partial charge in [0, 0.05) is 43.3 Å². The van der Waals surface area contributed by atoms with Crippen LogP contribution in [0.2, 0.25) is 0 Å². The second kappa shape index (κ2) is 8.05. The summed E-state index contributed by atoms with van der Waals surface area (Å²) in [7, 11) is 0. The van der Waals surface area contributed by atoms with E-state index in [0.717, 1.165) is 37.1 Å². The third-order valence-electron chi connectivity index (χ3n) is 3.70. The van der Waals surface area contributed by atoms with Crippen molar-refractivity contribution in [2.75, 3.05) is 11.9 Å². The zero-order valence-corrected chi connectivity index (χ0v) is 13.3. The van der Waals surface area contributed by atoms with E-state index in [4.69, 9.17) is 0 Å². The molecular formula is C17H20N6O. The number of imidazole rings is 1. The zero-order valence-electron chi connectivity index (χ0n) is 13.3. The van der Waals surface area contributed by atoms with Crippen molar-refractivity contribution in [3.8, 4) is 0 Å². The summed E-state index contributed by atoms with van der Waals surface area (Å²) < 4.78 is 0. The molecule has 3 aromatic rings. The monoisotopic (exact) mass is 324 g/mol. The molecule has 0 unspecified atom stereocenters. The average Bonchev–Trinajstić information content (AvgIpc) is 3.11. The van der Waals surface area contributed by atoms with Gasteiger partial charge in [0.05, 0.1) is 12.0 Å². The Hall–Kier alpha value is -2.96. The van der Waals surface area contributed by atoms with Gasteiger partial charge >= 0.3 is 0 Å². The fourth-order valence-electron chi connectivity index (χ4n) is 2.43. The van der Waals surface area contributed by atoms with Crippen molar-refractivity contribution in [2.45, 2.75) is 25.7 Å². The molecule has 7 heteroatoms. The molecule has 0 aromatic carbocycles. The Labute approximate surface area is 139 Å². The van der Waals surface area contributed by atoms with Gasteiger partial charge in [-0.25, -0.2) is 9.97 Å². The lowest BCUT2D eigenvalue weighted by Gasteiger charge is -2.06. The Morgan fingerprint density at radius 1 is 1.17 bits per heavy atom. The summed E-state index contributed by atoms with van der Waals surface area (Å²) in [6.45, 7) is 0.759. The lowest BCUT2D eigenvalue weighted by Crippen LogP contribution is -2.17. The molecule has 0 saturated carbocycles. The number of unbranched alkanes of at least 4 members (excludes halogenated alkanes) is 1. The third-order valence-corrected chi connectivity index (χ3v) is 3.70. The van der Waals surface area contributed by atoms with E-state index < -0.39 is 0 Å². The molecule has 3 N–H and O–H groups in total. The number of aromatic amines is 2. The maximum Gasteiger partial charge on any atom is 0.255 e. The molecule has 0 bridgehead atoms. The van der Waals surface area contributed by atoms with Crippen molar-refractivity contribution in [1.29, 1.82) is 0 Å². The SMILES string of the molecule is O=c1[nH]c(NCCCCc2c[nH]cn2)ncc1Cc1cccnc1. The van der Waals surface area contributed by atoms with E-state index in [0.29, 0.717) is 17.9 Å². The number of hydrogen-bond donors (Lipinski definition) is 3. The third kappa shape index (κ3) is 4.52. The van der Waals surface area contributed by atoms with E-state index in [1.165, 1.54) is 0 Å². The van der Waals surface area contributed by atoms with Crippen molar-refractivity contribution >= 4 is 5.95 Å². The summed E-state index contributed by atoms with van der Waals surface area (Å²) in [5, 5.41) is 3.15. The molecule has 0 aliphatic rings. The smallest absolute Gasteiger partial charge is 0.255 e. The summed E-state index contributed by atoms with van der Waals surface area (Å²) in [5.41, 5.74) is 2.57. The molecule has 0 radical (unpaired) electrons. The number of nitrogens with one attached hydrogen (secondary N) is 3. The summed E-state index contributed by atoms with van der Waals surface area (Å²) in [4.78, 5) is 30.4. The molecule has 0 atom stereocenters. The molecular weight excluding hydrogens is 304 g/mol. The van der Waals surface area contributed by atoms with Crippen LogP contribution >= 0.6 is 0 Å². The highest BCUT2D eigenvalue weighted by Gasteiger charge is 2.04. The van der Waals surface area contributed by atoms with Crippen LogP contribution in [0.25, 0.3) is 0 Å². The van der Waals surface area contributed by atoms with Crippen LogP contribution < -0.4 is 10.9 Å². The standard InChI is InChI=1S/C17H20N6O/c24-16-14(8-13-4-3-6-18-9-13)10-21-17(23-16)20-7-2-1-5-15-11-19-12-22-15/h3-4,6,9-12H,1-2,5,7-8H2,(H,19,22)(H2,20,21,23,24). The van der Waals surface area contributed by atoms with Crippen molar-refractivity contribution < 1.29 is 0 Å². The van der Waals surface area contributed by atoms with Crippen LogP contribution in [-0.4, -0.2) is 31.5 Å². The van der Waals surface area contributed by atoms with Gasteiger partial charge in [-0.05, 0) is 30.9 Å². The first-order valence-corrected chi connectivity index (χ1v) is 8.00. The number of anilines is 1. The first-order valence-electron chi connectivity index (χ1n) is 8.00. The molecule has 0 spiro atoms. The summed E-state index contributed by atoms with van der Waals surface area (Å²) in [5.74, 6) is 0.509. The minimum atomic E-state index is -0.118. The van der Waals surface area contributed by atoms with Gasteiger partial charge in [-0.15, -0.1) is 0 Å². The Bertz CT molecular complexity index is 797. The van der Waals surface area contributed by atoms with Crippen LogP contribution in [-0.2, 0) is 12.8 Å². The number of H-pyrrole nitrogens is 2. The minimum Gasteiger partial charge on any atom is -0.356 e. The van der Waals surface area contributed by atoms with Crippen LogP contribution in [0.15, 0.2) is 48.0 Å². The van der Waals surface area contributed by atoms with Crippen LogP contribution in [0.1, 0.15) is 29.7 Å². The van der Waals surface area contributed by atoms with E-state index >= 15 is 0 Å². The number of hydrogen-bond acceptors (Lipinski definition) is 5. The minimum absolute atomic E-state index is 0.118. The highest BCUT2D eigenvalue weighted by Crippen LogP contribution is 2.05. The lowest BCUT2D eigenvalue weighted by atomic mass is 10.1. The van der Waals surface area contributed by atoms with Gasteiger partial charge in [0.1, 0.15) is 0 Å². The number of aryl methyl sites for hydroxylation is 1. The van der Waals surface area contributed by atoms with E-state index in [-0.39, 0.29) is 5.56 Å². The molecule has 0 aliphatic heterocycles. The highest BCUT2D eigenvalue weighted by molar-refractivity contribution is 5.27. The molecule has 3 rings (SSSR count). The highest BCUT2D eigenvalue weighted by atomic mass is 16.1. The number of pyridine rings is 1. The van der Waals surface area contributed by atoms with Crippen molar-refractivity contribution in [2.24, 2.45) is 0 Å². The lowest BCUT2D eigenvalue weighted by molar-refractivity contribution is 0.748. The molecule has 7 nitrogen and oxygen atoms in total. The average molecular weight is 324 g/mol. The number of rotatable bonds is 8. The normalized spacial score (nSPS) is 10.7. The van der Waals surface area contributed by atoms with E-state index in [1.807, 2.05) is 18.3 Å². The quantitative estimate of drug-likeness (QED) is 0.550. The Morgan fingerprint density at radius 2 is 2.12 bits per heavy atom. The van der Waals surface area contributed by atoms with Gasteiger partial charge < -0.3 is 10.3 Å². The molecule has 3 aromatic heterocycles. The van der Waals surface area contributed by atoms with E-state index in [9.17, 15) is 4.79 Å². The summed E-state index contributed by atoms with van der Waals surface area (Å²) in [6.07, 6.45) is 12.2. The van der Waals surface area contributed by atoms with E-state index in [1.54, 1.807) is 24.9 Å². The van der Waals surface area contributed by atoms with E-state index in [2.05, 4.69) is 30.2 Å². The second-order valence-electron chi connectivity index (χ2n) is 5.57. The molecule has 3 heterocycles. The fourth-order valence-corrected chi connectivity index (χ4v) is 2.43. The Balaban J connectivity index is 1.47. The largest absolute Gasteiger partial charge is 0.356 e. The van der Waals surface area contributed by atoms with Crippen molar-refractivity contribution in [3.05, 3.63) is 70.4 Å². The molecule has 0 amide bonds. The van der Waals surface area contributed by atoms with Gasteiger partial charge in [0.15, 0.2) is 0 Å². The van der Waals surface area contributed by atoms with Crippen molar-refractivity contribution in [1.82, 2.24) is 24.9 Å². The first kappa shape index (κ1) is 15.9. The molecule has 24 heavy (non-hydrogen) atoms. The molecule has 0 saturated heterocycles. The van der Waals surface area contributed by atoms with Gasteiger partial charge in [-0.3, -0.25) is 14.8 Å². The molecule has 124 valence electrons. The van der Waals surface area contributed by atoms with Gasteiger partial charge in [0.2, 0.25) is 5.95 Å². The van der Waals surface area contributed by atoms with Crippen LogP contribution in [0, 0.1) is 0 Å². The Kier molecular flexibility index (Phi) is 5.34. The topological polar surface area (TPSA) is 99.3 Å². The van der Waals surface area contributed by atoms with Crippen LogP contribution in [0.5, 0.6) is 0 Å². The predicted octanol–water partition coefficient (Wildman–Crippen LogP) is 1.91. The molecule has 0 fully saturated rings. The van der Waals surface area contributed by atoms with Gasteiger partial charge in [-0.2, -0.15) is 0 Å². The van der Waals surface area contributed by atoms with Gasteiger partial charge in [0.25, 0.3) is 5.56 Å². The predicted molar refractivity (Wildman–Crippen MR) is 91.9 cm³/mol. The maximum absolute atomic E-state index is 12.1. The van der Waals surface area contributed by atoms with Crippen molar-refractivity contribution in [3.63, 3.8) is 0 Å². The summed E-state index contributed by atoms with van der Waals surface area (Å²) in [6, 6.07) is 3.80. The molecule has 0 aliphatic carbocycles. The van der Waals surface area contributed by atoms with Crippen LogP contribution in [0.3, 0.4) is 0 Å². The Morgan fingerprint density at radius 3 is 2.88 bits per heavy atom. The zero-order chi connectivity index (χ0) is 16.6. The second-order valence-corrected chi connectivity index (χ2v) is 5.57. The summed E-state index contributed by atoms with van der Waals surface area (Å²) >= 11 is 0. The fraction of sp³-hybridized carbons (Fsp3) is 0.294. The number of aromatic nitrogens is 5. The maximum atomic E-state index is 12.1.